The molecule has 1 aromatic heterocycles. The minimum Gasteiger partial charge on any atom is -0.324 e. The van der Waals surface area contributed by atoms with Crippen LogP contribution in [0.2, 0.25) is 0 Å². The fraction of sp³-hybridized carbons (Fsp3) is 0.400. The van der Waals surface area contributed by atoms with Crippen molar-refractivity contribution in [3.8, 4) is 11.1 Å². The van der Waals surface area contributed by atoms with Gasteiger partial charge < -0.3 is 5.73 Å². The molecule has 1 unspecified atom stereocenters. The molecule has 96 valence electrons. The summed E-state index contributed by atoms with van der Waals surface area (Å²) in [5.41, 5.74) is 10.6. The van der Waals surface area contributed by atoms with Crippen molar-refractivity contribution in [2.75, 3.05) is 0 Å². The smallest absolute Gasteiger partial charge is 0.0672 e. The van der Waals surface area contributed by atoms with Crippen LogP contribution in [-0.4, -0.2) is 9.78 Å². The van der Waals surface area contributed by atoms with Crippen LogP contribution >= 0.6 is 0 Å². The Morgan fingerprint density at radius 3 is 2.83 bits per heavy atom. The number of nitrogens with zero attached hydrogens (tertiary/aromatic N) is 2. The van der Waals surface area contributed by atoms with Crippen molar-refractivity contribution in [2.45, 2.75) is 39.8 Å². The number of rotatable bonds is 4. The Kier molecular flexibility index (Phi) is 3.82. The molecule has 1 heterocycles. The number of benzene rings is 1. The van der Waals surface area contributed by atoms with E-state index in [-0.39, 0.29) is 6.04 Å². The van der Waals surface area contributed by atoms with Gasteiger partial charge in [0.2, 0.25) is 0 Å². The molecule has 2 N–H and O–H groups in total. The molecule has 3 nitrogen and oxygen atoms in total. The molecule has 2 rings (SSSR count). The monoisotopic (exact) mass is 243 g/mol. The van der Waals surface area contributed by atoms with Crippen LogP contribution in [0.5, 0.6) is 0 Å². The van der Waals surface area contributed by atoms with Crippen LogP contribution in [0.25, 0.3) is 11.1 Å². The molecule has 0 aliphatic heterocycles. The van der Waals surface area contributed by atoms with Gasteiger partial charge in [0, 0.05) is 24.3 Å². The van der Waals surface area contributed by atoms with Crippen molar-refractivity contribution in [2.24, 2.45) is 5.73 Å². The zero-order chi connectivity index (χ0) is 13.1. The van der Waals surface area contributed by atoms with Crippen LogP contribution < -0.4 is 5.73 Å². The highest BCUT2D eigenvalue weighted by atomic mass is 15.3. The molecule has 0 aliphatic rings. The van der Waals surface area contributed by atoms with Crippen LogP contribution in [0.4, 0.5) is 0 Å². The number of aromatic nitrogens is 2. The lowest BCUT2D eigenvalue weighted by molar-refractivity contribution is 0.598. The van der Waals surface area contributed by atoms with Gasteiger partial charge in [0.25, 0.3) is 0 Å². The Bertz CT molecular complexity index is 526. The van der Waals surface area contributed by atoms with E-state index >= 15 is 0 Å². The van der Waals surface area contributed by atoms with E-state index < -0.39 is 0 Å². The van der Waals surface area contributed by atoms with E-state index in [1.54, 1.807) is 0 Å². The standard InChI is InChI=1S/C15H21N3/c1-4-8-18-10-15(12(3)17-18)14-7-5-6-13(9-14)11(2)16/h5-7,9-11H,4,8,16H2,1-3H3. The Morgan fingerprint density at radius 1 is 1.39 bits per heavy atom. The van der Waals surface area contributed by atoms with E-state index in [4.69, 9.17) is 5.73 Å². The summed E-state index contributed by atoms with van der Waals surface area (Å²) in [6.07, 6.45) is 3.22. The van der Waals surface area contributed by atoms with Crippen LogP contribution in [0.1, 0.15) is 37.6 Å². The van der Waals surface area contributed by atoms with Crippen molar-refractivity contribution >= 4 is 0 Å². The Morgan fingerprint density at radius 2 is 2.17 bits per heavy atom. The minimum absolute atomic E-state index is 0.0657. The largest absolute Gasteiger partial charge is 0.324 e. The lowest BCUT2D eigenvalue weighted by atomic mass is 10.0. The third kappa shape index (κ3) is 2.62. The molecular formula is C15H21N3. The second-order valence-electron chi connectivity index (χ2n) is 4.81. The Hall–Kier alpha value is -1.61. The van der Waals surface area contributed by atoms with E-state index in [1.807, 2.05) is 11.6 Å². The van der Waals surface area contributed by atoms with Crippen LogP contribution in [0.3, 0.4) is 0 Å². The molecule has 0 bridgehead atoms. The van der Waals surface area contributed by atoms with Crippen molar-refractivity contribution in [1.82, 2.24) is 9.78 Å². The predicted molar refractivity (Wildman–Crippen MR) is 75.3 cm³/mol. The summed E-state index contributed by atoms with van der Waals surface area (Å²) in [5, 5.41) is 4.54. The molecule has 2 aromatic rings. The first-order valence-electron chi connectivity index (χ1n) is 6.51. The number of hydrogen-bond donors (Lipinski definition) is 1. The minimum atomic E-state index is 0.0657. The SMILES string of the molecule is CCCn1cc(-c2cccc(C(C)N)c2)c(C)n1. The third-order valence-corrected chi connectivity index (χ3v) is 3.12. The zero-order valence-corrected chi connectivity index (χ0v) is 11.4. The van der Waals surface area contributed by atoms with Gasteiger partial charge in [-0.1, -0.05) is 25.1 Å². The fourth-order valence-corrected chi connectivity index (χ4v) is 2.13. The lowest BCUT2D eigenvalue weighted by Crippen LogP contribution is -2.04. The first-order chi connectivity index (χ1) is 8.61. The highest BCUT2D eigenvalue weighted by Gasteiger charge is 2.08. The molecule has 0 spiro atoms. The molecule has 0 fully saturated rings. The van der Waals surface area contributed by atoms with E-state index in [9.17, 15) is 0 Å². The van der Waals surface area contributed by atoms with Gasteiger partial charge in [-0.15, -0.1) is 0 Å². The summed E-state index contributed by atoms with van der Waals surface area (Å²) >= 11 is 0. The first-order valence-corrected chi connectivity index (χ1v) is 6.51. The quantitative estimate of drug-likeness (QED) is 0.895. The average Bonchev–Trinajstić information content (AvgIpc) is 2.71. The summed E-state index contributed by atoms with van der Waals surface area (Å²) < 4.78 is 2.02. The average molecular weight is 243 g/mol. The summed E-state index contributed by atoms with van der Waals surface area (Å²) in [7, 11) is 0. The maximum Gasteiger partial charge on any atom is 0.0672 e. The summed E-state index contributed by atoms with van der Waals surface area (Å²) in [4.78, 5) is 0. The molecule has 0 aliphatic carbocycles. The number of hydrogen-bond acceptors (Lipinski definition) is 2. The van der Waals surface area contributed by atoms with E-state index in [1.165, 1.54) is 11.1 Å². The van der Waals surface area contributed by atoms with Gasteiger partial charge in [0.15, 0.2) is 0 Å². The van der Waals surface area contributed by atoms with E-state index in [0.29, 0.717) is 0 Å². The molecule has 0 saturated heterocycles. The second kappa shape index (κ2) is 5.36. The summed E-state index contributed by atoms with van der Waals surface area (Å²) in [5.74, 6) is 0. The molecule has 1 atom stereocenters. The molecular weight excluding hydrogens is 222 g/mol. The van der Waals surface area contributed by atoms with Gasteiger partial charge in [0.1, 0.15) is 0 Å². The Balaban J connectivity index is 2.38. The van der Waals surface area contributed by atoms with Crippen LogP contribution in [0, 0.1) is 6.92 Å². The molecule has 0 amide bonds. The number of aryl methyl sites for hydroxylation is 2. The molecule has 1 aromatic carbocycles. The van der Waals surface area contributed by atoms with E-state index in [0.717, 1.165) is 24.2 Å². The third-order valence-electron chi connectivity index (χ3n) is 3.12. The molecule has 3 heteroatoms. The van der Waals surface area contributed by atoms with Crippen molar-refractivity contribution in [1.29, 1.82) is 0 Å². The topological polar surface area (TPSA) is 43.8 Å². The number of nitrogens with two attached hydrogens (primary N) is 1. The van der Waals surface area contributed by atoms with Gasteiger partial charge in [-0.05, 0) is 37.5 Å². The van der Waals surface area contributed by atoms with Crippen molar-refractivity contribution in [3.63, 3.8) is 0 Å². The normalized spacial score (nSPS) is 12.7. The lowest BCUT2D eigenvalue weighted by Gasteiger charge is -2.07. The van der Waals surface area contributed by atoms with Gasteiger partial charge >= 0.3 is 0 Å². The van der Waals surface area contributed by atoms with Crippen molar-refractivity contribution < 1.29 is 0 Å². The summed E-state index contributed by atoms with van der Waals surface area (Å²) in [6, 6.07) is 8.47. The van der Waals surface area contributed by atoms with Crippen LogP contribution in [-0.2, 0) is 6.54 Å². The van der Waals surface area contributed by atoms with Gasteiger partial charge in [-0.3, -0.25) is 4.68 Å². The van der Waals surface area contributed by atoms with Crippen LogP contribution in [0.15, 0.2) is 30.5 Å². The van der Waals surface area contributed by atoms with Crippen molar-refractivity contribution in [3.05, 3.63) is 41.7 Å². The predicted octanol–water partition coefficient (Wildman–Crippen LogP) is 3.29. The van der Waals surface area contributed by atoms with Gasteiger partial charge in [-0.2, -0.15) is 5.10 Å². The molecule has 0 saturated carbocycles. The van der Waals surface area contributed by atoms with E-state index in [2.05, 4.69) is 49.4 Å². The first kappa shape index (κ1) is 12.8. The summed E-state index contributed by atoms with van der Waals surface area (Å²) in [6.45, 7) is 7.19. The second-order valence-corrected chi connectivity index (χ2v) is 4.81. The maximum absolute atomic E-state index is 5.93. The van der Waals surface area contributed by atoms with Gasteiger partial charge in [0.05, 0.1) is 5.69 Å². The zero-order valence-electron chi connectivity index (χ0n) is 11.4. The maximum atomic E-state index is 5.93. The molecule has 0 radical (unpaired) electrons. The highest BCUT2D eigenvalue weighted by Crippen LogP contribution is 2.25. The Labute approximate surface area is 109 Å². The fourth-order valence-electron chi connectivity index (χ4n) is 2.13. The van der Waals surface area contributed by atoms with Gasteiger partial charge in [-0.25, -0.2) is 0 Å². The highest BCUT2D eigenvalue weighted by molar-refractivity contribution is 5.65. The molecule has 18 heavy (non-hydrogen) atoms.